The molecule has 0 bridgehead atoms. The number of benzene rings is 1. The number of esters is 1. The van der Waals surface area contributed by atoms with Crippen molar-refractivity contribution in [1.82, 2.24) is 0 Å². The molecule has 1 N–H and O–H groups in total. The van der Waals surface area contributed by atoms with Crippen LogP contribution in [0.5, 0.6) is 0 Å². The molecule has 0 radical (unpaired) electrons. The molecule has 1 rings (SSSR count). The lowest BCUT2D eigenvalue weighted by atomic mass is 10.3. The smallest absolute Gasteiger partial charge is 0.331 e. The first-order valence-electron chi connectivity index (χ1n) is 5.60. The van der Waals surface area contributed by atoms with Gasteiger partial charge >= 0.3 is 5.97 Å². The summed E-state index contributed by atoms with van der Waals surface area (Å²) in [6.45, 7) is -0.294. The van der Waals surface area contributed by atoms with Gasteiger partial charge in [0.1, 0.15) is 11.1 Å². The van der Waals surface area contributed by atoms with Crippen LogP contribution in [0.1, 0.15) is 0 Å². The number of hydrogen-bond donors (Lipinski definition) is 1. The highest BCUT2D eigenvalue weighted by Crippen LogP contribution is 2.25. The van der Waals surface area contributed by atoms with Crippen LogP contribution in [0, 0.1) is 0 Å². The highest BCUT2D eigenvalue weighted by molar-refractivity contribution is 6.59. The normalized spacial score (nSPS) is 10.4. The Morgan fingerprint density at radius 1 is 1.14 bits per heavy atom. The van der Waals surface area contributed by atoms with Gasteiger partial charge in [0.15, 0.2) is 0 Å². The van der Waals surface area contributed by atoms with Crippen molar-refractivity contribution < 1.29 is 14.3 Å². The molecule has 9 heteroatoms. The Morgan fingerprint density at radius 2 is 1.82 bits per heavy atom. The van der Waals surface area contributed by atoms with Crippen molar-refractivity contribution in [3.05, 3.63) is 49.9 Å². The number of amides is 1. The standard InChI is InChI=1S/C13H8Cl5NO3/c14-7-1-2-10(8(15)5-7)19-11(20)3-4-12(21)22-6-9(16)13(17)18/h1-5H,6H2,(H,19,20)/b4-3+. The van der Waals surface area contributed by atoms with Crippen molar-refractivity contribution in [1.29, 1.82) is 0 Å². The van der Waals surface area contributed by atoms with Gasteiger partial charge in [0.25, 0.3) is 0 Å². The summed E-state index contributed by atoms with van der Waals surface area (Å²) in [5, 5.41) is 3.15. The molecule has 0 fully saturated rings. The molecule has 0 aliphatic heterocycles. The van der Waals surface area contributed by atoms with Crippen molar-refractivity contribution in [3.8, 4) is 0 Å². The molecule has 118 valence electrons. The predicted octanol–water partition coefficient (Wildman–Crippen LogP) is 4.92. The zero-order chi connectivity index (χ0) is 16.7. The average Bonchev–Trinajstić information content (AvgIpc) is 2.45. The number of halogens is 5. The Morgan fingerprint density at radius 3 is 2.41 bits per heavy atom. The second kappa shape index (κ2) is 9.28. The number of hydrogen-bond acceptors (Lipinski definition) is 3. The molecule has 0 saturated heterocycles. The number of rotatable bonds is 5. The molecule has 4 nitrogen and oxygen atoms in total. The maximum Gasteiger partial charge on any atom is 0.331 e. The Bertz CT molecular complexity index is 639. The summed E-state index contributed by atoms with van der Waals surface area (Å²) in [6, 6.07) is 4.56. The van der Waals surface area contributed by atoms with Crippen LogP contribution in [0.25, 0.3) is 0 Å². The maximum atomic E-state index is 11.6. The van der Waals surface area contributed by atoms with Crippen LogP contribution < -0.4 is 5.32 Å². The van der Waals surface area contributed by atoms with Gasteiger partial charge in [0.05, 0.1) is 15.7 Å². The van der Waals surface area contributed by atoms with E-state index in [4.69, 9.17) is 62.7 Å². The molecule has 1 aromatic rings. The largest absolute Gasteiger partial charge is 0.457 e. The van der Waals surface area contributed by atoms with Crippen LogP contribution in [0.2, 0.25) is 10.0 Å². The number of carbonyl (C=O) groups is 2. The monoisotopic (exact) mass is 401 g/mol. The van der Waals surface area contributed by atoms with Gasteiger partial charge in [-0.05, 0) is 18.2 Å². The third-order valence-corrected chi connectivity index (χ3v) is 3.60. The lowest BCUT2D eigenvalue weighted by Crippen LogP contribution is -2.10. The quantitative estimate of drug-likeness (QED) is 0.561. The van der Waals surface area contributed by atoms with Crippen LogP contribution in [-0.4, -0.2) is 18.5 Å². The van der Waals surface area contributed by atoms with Crippen LogP contribution in [0.3, 0.4) is 0 Å². The van der Waals surface area contributed by atoms with Crippen LogP contribution in [0.15, 0.2) is 39.9 Å². The van der Waals surface area contributed by atoms with E-state index in [-0.39, 0.29) is 21.2 Å². The minimum absolute atomic E-state index is 0.0255. The Hall–Kier alpha value is -0.910. The third-order valence-electron chi connectivity index (χ3n) is 2.11. The van der Waals surface area contributed by atoms with E-state index >= 15 is 0 Å². The minimum atomic E-state index is -0.787. The number of ether oxygens (including phenoxy) is 1. The van der Waals surface area contributed by atoms with Gasteiger partial charge in [0.2, 0.25) is 5.91 Å². The zero-order valence-electron chi connectivity index (χ0n) is 10.7. The number of anilines is 1. The van der Waals surface area contributed by atoms with Crippen molar-refractivity contribution in [3.63, 3.8) is 0 Å². The summed E-state index contributed by atoms with van der Waals surface area (Å²) >= 11 is 27.9. The molecule has 0 aromatic heterocycles. The molecule has 1 amide bonds. The molecular formula is C13H8Cl5NO3. The van der Waals surface area contributed by atoms with Crippen molar-refractivity contribution in [2.24, 2.45) is 0 Å². The fourth-order valence-electron chi connectivity index (χ4n) is 1.15. The van der Waals surface area contributed by atoms with Gasteiger partial charge in [-0.25, -0.2) is 4.79 Å². The summed E-state index contributed by atoms with van der Waals surface area (Å²) in [5.41, 5.74) is 0.356. The highest BCUT2D eigenvalue weighted by Gasteiger charge is 2.06. The van der Waals surface area contributed by atoms with E-state index in [1.807, 2.05) is 0 Å². The molecular weight excluding hydrogens is 395 g/mol. The molecule has 0 heterocycles. The molecule has 0 atom stereocenters. The number of carbonyl (C=O) groups excluding carboxylic acids is 2. The molecule has 0 spiro atoms. The molecule has 22 heavy (non-hydrogen) atoms. The van der Waals surface area contributed by atoms with Crippen LogP contribution >= 0.6 is 58.0 Å². The van der Waals surface area contributed by atoms with Gasteiger partial charge < -0.3 is 10.1 Å². The fourth-order valence-corrected chi connectivity index (χ4v) is 1.77. The van der Waals surface area contributed by atoms with E-state index in [2.05, 4.69) is 5.32 Å². The maximum absolute atomic E-state index is 11.6. The predicted molar refractivity (Wildman–Crippen MR) is 89.8 cm³/mol. The topological polar surface area (TPSA) is 55.4 Å². The second-order valence-corrected chi connectivity index (χ2v) is 5.97. The average molecular weight is 403 g/mol. The SMILES string of the molecule is O=C(/C=C/C(=O)OCC(Cl)=C(Cl)Cl)Nc1ccc(Cl)cc1Cl. The Kier molecular flexibility index (Phi) is 8.07. The second-order valence-electron chi connectivity index (χ2n) is 3.72. The molecule has 0 unspecified atom stereocenters. The van der Waals surface area contributed by atoms with Crippen molar-refractivity contribution in [2.75, 3.05) is 11.9 Å². The summed E-state index contributed by atoms with van der Waals surface area (Å²) < 4.78 is 4.50. The lowest BCUT2D eigenvalue weighted by molar-refractivity contribution is -0.136. The molecule has 1 aromatic carbocycles. The van der Waals surface area contributed by atoms with Gasteiger partial charge in [-0.15, -0.1) is 0 Å². The van der Waals surface area contributed by atoms with Gasteiger partial charge in [0, 0.05) is 17.2 Å². The first-order valence-corrected chi connectivity index (χ1v) is 7.49. The third kappa shape index (κ3) is 6.90. The molecule has 0 aliphatic rings. The van der Waals surface area contributed by atoms with Crippen molar-refractivity contribution in [2.45, 2.75) is 0 Å². The lowest BCUT2D eigenvalue weighted by Gasteiger charge is -2.05. The molecule has 0 saturated carbocycles. The van der Waals surface area contributed by atoms with Crippen LogP contribution in [0.4, 0.5) is 5.69 Å². The summed E-state index contributed by atoms with van der Waals surface area (Å²) in [6.07, 6.45) is 1.90. The van der Waals surface area contributed by atoms with Gasteiger partial charge in [-0.1, -0.05) is 58.0 Å². The Labute approximate surface area is 151 Å². The van der Waals surface area contributed by atoms with E-state index in [1.165, 1.54) is 12.1 Å². The fraction of sp³-hybridized carbons (Fsp3) is 0.0769. The zero-order valence-corrected chi connectivity index (χ0v) is 14.5. The number of nitrogens with one attached hydrogen (secondary N) is 1. The summed E-state index contributed by atoms with van der Waals surface area (Å²) in [5.74, 6) is -1.36. The van der Waals surface area contributed by atoms with E-state index < -0.39 is 11.9 Å². The van der Waals surface area contributed by atoms with Gasteiger partial charge in [-0.2, -0.15) is 0 Å². The van der Waals surface area contributed by atoms with Gasteiger partial charge in [-0.3, -0.25) is 4.79 Å². The summed E-state index contributed by atoms with van der Waals surface area (Å²) in [7, 11) is 0. The molecule has 0 aliphatic carbocycles. The first-order chi connectivity index (χ1) is 10.3. The van der Waals surface area contributed by atoms with E-state index in [9.17, 15) is 9.59 Å². The van der Waals surface area contributed by atoms with E-state index in [1.54, 1.807) is 6.07 Å². The van der Waals surface area contributed by atoms with Crippen LogP contribution in [-0.2, 0) is 14.3 Å². The Balaban J connectivity index is 2.54. The highest BCUT2D eigenvalue weighted by atomic mass is 35.5. The first kappa shape index (κ1) is 19.1. The van der Waals surface area contributed by atoms with E-state index in [0.717, 1.165) is 12.2 Å². The van der Waals surface area contributed by atoms with Crippen molar-refractivity contribution >= 4 is 75.6 Å². The summed E-state index contributed by atoms with van der Waals surface area (Å²) in [4.78, 5) is 23.0. The minimum Gasteiger partial charge on any atom is -0.457 e. The van der Waals surface area contributed by atoms with E-state index in [0.29, 0.717) is 10.7 Å².